The van der Waals surface area contributed by atoms with Gasteiger partial charge in [-0.15, -0.1) is 20.6 Å². The van der Waals surface area contributed by atoms with Crippen molar-refractivity contribution in [2.24, 2.45) is 0 Å². The molecular weight excluding hydrogens is 439 g/mol. The smallest absolute Gasteiger partial charge is 0.248 e. The number of fused-ring (bicyclic) bond motifs is 1. The van der Waals surface area contributed by atoms with Gasteiger partial charge in [-0.1, -0.05) is 18.2 Å². The van der Waals surface area contributed by atoms with E-state index >= 15 is 0 Å². The number of phenolic OH excluding ortho intramolecular Hbond substituents is 1. The van der Waals surface area contributed by atoms with Gasteiger partial charge in [-0.3, -0.25) is 4.79 Å². The number of phenols is 1. The van der Waals surface area contributed by atoms with Gasteiger partial charge < -0.3 is 10.4 Å². The average molecular weight is 454 g/mol. The van der Waals surface area contributed by atoms with E-state index in [9.17, 15) is 23.6 Å². The molecule has 6 nitrogen and oxygen atoms in total. The molecule has 1 atom stereocenters. The molecule has 3 aromatic rings. The molecule has 30 heavy (non-hydrogen) atoms. The van der Waals surface area contributed by atoms with Crippen LogP contribution in [0.25, 0.3) is 11.1 Å². The van der Waals surface area contributed by atoms with Crippen molar-refractivity contribution >= 4 is 46.6 Å². The number of anilines is 1. The molecule has 1 aliphatic heterocycles. The summed E-state index contributed by atoms with van der Waals surface area (Å²) in [6, 6.07) is 12.6. The SMILES string of the molecule is N#Cc1cc(P)cc(S(=O)(=O)c2sc3c(c2-c2ccc(O)cc2)CC=CC(=O)N3)c1. The van der Waals surface area contributed by atoms with Gasteiger partial charge >= 0.3 is 0 Å². The number of aromatic hydroxyl groups is 1. The minimum atomic E-state index is -3.99. The number of hydrogen-bond acceptors (Lipinski definition) is 6. The molecule has 0 aliphatic carbocycles. The van der Waals surface area contributed by atoms with Crippen molar-refractivity contribution in [2.75, 3.05) is 5.32 Å². The number of amides is 1. The van der Waals surface area contributed by atoms with E-state index in [2.05, 4.69) is 14.6 Å². The summed E-state index contributed by atoms with van der Waals surface area (Å²) < 4.78 is 27.3. The van der Waals surface area contributed by atoms with E-state index in [0.29, 0.717) is 33.4 Å². The number of thiophene rings is 1. The molecule has 2 aromatic carbocycles. The number of nitriles is 1. The molecule has 0 bridgehead atoms. The minimum absolute atomic E-state index is 0.00450. The van der Waals surface area contributed by atoms with Crippen molar-refractivity contribution in [1.29, 1.82) is 5.26 Å². The lowest BCUT2D eigenvalue weighted by Gasteiger charge is -2.10. The number of allylic oxidation sites excluding steroid dienone is 1. The van der Waals surface area contributed by atoms with Crippen LogP contribution in [-0.4, -0.2) is 19.4 Å². The van der Waals surface area contributed by atoms with E-state index in [4.69, 9.17) is 0 Å². The average Bonchev–Trinajstić information content (AvgIpc) is 2.96. The third-order valence-corrected chi connectivity index (χ3v) is 8.30. The first-order valence-electron chi connectivity index (χ1n) is 8.78. The standard InChI is InChI=1S/C21H15N2O4PS2/c22-11-12-8-15(28)10-16(9-12)30(26,27)21-19(13-4-6-14(24)7-5-13)17-2-1-3-18(25)23-20(17)29-21/h1,3-10,24H,2,28H2,(H,23,25). The largest absolute Gasteiger partial charge is 0.508 e. The van der Waals surface area contributed by atoms with E-state index in [0.717, 1.165) is 11.3 Å². The van der Waals surface area contributed by atoms with Crippen LogP contribution < -0.4 is 10.6 Å². The first-order valence-corrected chi connectivity index (χ1v) is 11.7. The Morgan fingerprint density at radius 3 is 2.60 bits per heavy atom. The third-order valence-electron chi connectivity index (χ3n) is 4.57. The molecule has 2 N–H and O–H groups in total. The first-order chi connectivity index (χ1) is 14.3. The number of carbonyl (C=O) groups is 1. The fourth-order valence-corrected chi connectivity index (χ4v) is 6.98. The maximum absolute atomic E-state index is 13.6. The summed E-state index contributed by atoms with van der Waals surface area (Å²) in [5, 5.41) is 22.7. The van der Waals surface area contributed by atoms with Crippen molar-refractivity contribution in [3.8, 4) is 22.9 Å². The second-order valence-corrected chi connectivity index (χ2v) is 10.5. The van der Waals surface area contributed by atoms with Gasteiger partial charge in [0, 0.05) is 5.56 Å². The highest BCUT2D eigenvalue weighted by molar-refractivity contribution is 7.93. The van der Waals surface area contributed by atoms with E-state index in [1.807, 2.05) is 6.07 Å². The van der Waals surface area contributed by atoms with Gasteiger partial charge in [-0.05, 0) is 59.3 Å². The normalized spacial score (nSPS) is 13.3. The van der Waals surface area contributed by atoms with Gasteiger partial charge in [-0.25, -0.2) is 8.42 Å². The molecule has 2 heterocycles. The summed E-state index contributed by atoms with van der Waals surface area (Å²) in [7, 11) is -1.58. The monoisotopic (exact) mass is 454 g/mol. The van der Waals surface area contributed by atoms with Crippen LogP contribution in [0.2, 0.25) is 0 Å². The summed E-state index contributed by atoms with van der Waals surface area (Å²) in [6.45, 7) is 0. The lowest BCUT2D eigenvalue weighted by Crippen LogP contribution is -2.06. The maximum Gasteiger partial charge on any atom is 0.248 e. The van der Waals surface area contributed by atoms with Crippen molar-refractivity contribution in [2.45, 2.75) is 15.5 Å². The Morgan fingerprint density at radius 2 is 1.90 bits per heavy atom. The van der Waals surface area contributed by atoms with Crippen LogP contribution in [-0.2, 0) is 21.1 Å². The Hall–Kier alpha value is -2.98. The van der Waals surface area contributed by atoms with Crippen LogP contribution in [0.1, 0.15) is 11.1 Å². The summed E-state index contributed by atoms with van der Waals surface area (Å²) in [6.07, 6.45) is 3.48. The highest BCUT2D eigenvalue weighted by Gasteiger charge is 2.30. The molecule has 1 unspecified atom stereocenters. The number of rotatable bonds is 3. The van der Waals surface area contributed by atoms with Gasteiger partial charge in [0.2, 0.25) is 15.7 Å². The number of nitrogens with zero attached hydrogens (tertiary/aromatic N) is 1. The minimum Gasteiger partial charge on any atom is -0.508 e. The van der Waals surface area contributed by atoms with Crippen molar-refractivity contribution in [1.82, 2.24) is 0 Å². The third kappa shape index (κ3) is 3.63. The lowest BCUT2D eigenvalue weighted by atomic mass is 10.0. The van der Waals surface area contributed by atoms with Crippen LogP contribution in [0.4, 0.5) is 5.00 Å². The van der Waals surface area contributed by atoms with Crippen molar-refractivity contribution in [3.05, 3.63) is 65.7 Å². The second-order valence-electron chi connectivity index (χ2n) is 6.62. The Labute approximate surface area is 179 Å². The molecule has 0 spiro atoms. The predicted octanol–water partition coefficient (Wildman–Crippen LogP) is 3.38. The van der Waals surface area contributed by atoms with Crippen LogP contribution >= 0.6 is 20.6 Å². The van der Waals surface area contributed by atoms with Crippen molar-refractivity contribution in [3.63, 3.8) is 0 Å². The summed E-state index contributed by atoms with van der Waals surface area (Å²) in [4.78, 5) is 12.0. The number of sulfone groups is 1. The zero-order chi connectivity index (χ0) is 21.5. The van der Waals surface area contributed by atoms with Gasteiger partial charge in [0.05, 0.1) is 16.5 Å². The van der Waals surface area contributed by atoms with Crippen LogP contribution in [0.3, 0.4) is 0 Å². The van der Waals surface area contributed by atoms with Gasteiger partial charge in [0.25, 0.3) is 0 Å². The van der Waals surface area contributed by atoms with Crippen LogP contribution in [0.15, 0.2) is 63.7 Å². The van der Waals surface area contributed by atoms with E-state index in [1.54, 1.807) is 24.3 Å². The van der Waals surface area contributed by atoms with Gasteiger partial charge in [-0.2, -0.15) is 5.26 Å². The Balaban J connectivity index is 2.00. The molecule has 0 fully saturated rings. The van der Waals surface area contributed by atoms with E-state index in [-0.39, 0.29) is 26.3 Å². The van der Waals surface area contributed by atoms with Gasteiger partial charge in [0.1, 0.15) is 15.0 Å². The molecule has 0 saturated heterocycles. The van der Waals surface area contributed by atoms with Gasteiger partial charge in [0.15, 0.2) is 0 Å². The predicted molar refractivity (Wildman–Crippen MR) is 119 cm³/mol. The molecule has 0 saturated carbocycles. The molecule has 1 aliphatic rings. The van der Waals surface area contributed by atoms with E-state index < -0.39 is 9.84 Å². The molecule has 1 amide bonds. The fourth-order valence-electron chi connectivity index (χ4n) is 3.23. The molecule has 0 radical (unpaired) electrons. The molecule has 150 valence electrons. The topological polar surface area (TPSA) is 107 Å². The highest BCUT2D eigenvalue weighted by atomic mass is 32.2. The quantitative estimate of drug-likeness (QED) is 0.590. The zero-order valence-electron chi connectivity index (χ0n) is 15.4. The molecule has 1 aromatic heterocycles. The van der Waals surface area contributed by atoms with E-state index in [1.165, 1.54) is 30.3 Å². The van der Waals surface area contributed by atoms with Crippen molar-refractivity contribution < 1.29 is 18.3 Å². The zero-order valence-corrected chi connectivity index (χ0v) is 18.2. The Kier molecular flexibility index (Phi) is 5.20. The van der Waals surface area contributed by atoms with Crippen LogP contribution in [0.5, 0.6) is 5.75 Å². The fraction of sp³-hybridized carbons (Fsp3) is 0.0476. The Bertz CT molecular complexity index is 1350. The van der Waals surface area contributed by atoms with Crippen LogP contribution in [0, 0.1) is 11.3 Å². The number of nitrogens with one attached hydrogen (secondary N) is 1. The number of benzene rings is 2. The number of hydrogen-bond donors (Lipinski definition) is 2. The Morgan fingerprint density at radius 1 is 1.17 bits per heavy atom. The maximum atomic E-state index is 13.6. The number of carbonyl (C=O) groups excluding carboxylic acids is 1. The summed E-state index contributed by atoms with van der Waals surface area (Å²) >= 11 is 0.987. The summed E-state index contributed by atoms with van der Waals surface area (Å²) in [5.74, 6) is -0.262. The second kappa shape index (κ2) is 7.69. The lowest BCUT2D eigenvalue weighted by molar-refractivity contribution is -0.111. The first kappa shape index (κ1) is 20.3. The molecule has 4 rings (SSSR count). The molecule has 9 heteroatoms. The molecular formula is C21H15N2O4PS2. The highest BCUT2D eigenvalue weighted by Crippen LogP contribution is 2.46. The summed E-state index contributed by atoms with van der Waals surface area (Å²) in [5.41, 5.74) is 2.01.